The van der Waals surface area contributed by atoms with E-state index in [1.807, 2.05) is 18.2 Å². The van der Waals surface area contributed by atoms with Gasteiger partial charge < -0.3 is 10.4 Å². The summed E-state index contributed by atoms with van der Waals surface area (Å²) in [5.74, 6) is 1.49. The van der Waals surface area contributed by atoms with Crippen molar-refractivity contribution in [3.05, 3.63) is 48.0 Å². The van der Waals surface area contributed by atoms with Gasteiger partial charge in [0.25, 0.3) is 0 Å². The van der Waals surface area contributed by atoms with Crippen LogP contribution in [0, 0.1) is 11.8 Å². The van der Waals surface area contributed by atoms with Crippen LogP contribution in [0.3, 0.4) is 0 Å². The van der Waals surface area contributed by atoms with E-state index in [4.69, 9.17) is 0 Å². The lowest BCUT2D eigenvalue weighted by Gasteiger charge is -2.22. The highest BCUT2D eigenvalue weighted by Gasteiger charge is 2.29. The van der Waals surface area contributed by atoms with Gasteiger partial charge in [-0.1, -0.05) is 50.2 Å². The molecule has 0 heterocycles. The fourth-order valence-electron chi connectivity index (χ4n) is 3.45. The van der Waals surface area contributed by atoms with E-state index in [-0.39, 0.29) is 0 Å². The van der Waals surface area contributed by atoms with Crippen molar-refractivity contribution in [3.8, 4) is 0 Å². The minimum Gasteiger partial charge on any atom is -0.387 e. The van der Waals surface area contributed by atoms with Gasteiger partial charge in [-0.25, -0.2) is 0 Å². The highest BCUT2D eigenvalue weighted by molar-refractivity contribution is 5.83. The van der Waals surface area contributed by atoms with E-state index in [9.17, 15) is 5.11 Å². The van der Waals surface area contributed by atoms with E-state index in [2.05, 4.69) is 43.4 Å². The third-order valence-electron chi connectivity index (χ3n) is 5.20. The van der Waals surface area contributed by atoms with E-state index >= 15 is 0 Å². The van der Waals surface area contributed by atoms with Crippen LogP contribution in [0.4, 0.5) is 0 Å². The average Bonchev–Trinajstić information content (AvgIpc) is 2.84. The van der Waals surface area contributed by atoms with E-state index in [1.54, 1.807) is 0 Å². The average molecular weight is 283 g/mol. The number of nitrogens with one attached hydrogen (secondary N) is 1. The second-order valence-corrected chi connectivity index (χ2v) is 6.55. The fraction of sp³-hybridized carbons (Fsp3) is 0.474. The number of hydrogen-bond acceptors (Lipinski definition) is 2. The van der Waals surface area contributed by atoms with Gasteiger partial charge in [0.2, 0.25) is 0 Å². The molecule has 0 amide bonds. The maximum absolute atomic E-state index is 10.4. The van der Waals surface area contributed by atoms with Crippen molar-refractivity contribution < 1.29 is 5.11 Å². The van der Waals surface area contributed by atoms with Gasteiger partial charge in [0.05, 0.1) is 6.10 Å². The lowest BCUT2D eigenvalue weighted by molar-refractivity contribution is 0.166. The maximum Gasteiger partial charge on any atom is 0.0914 e. The summed E-state index contributed by atoms with van der Waals surface area (Å²) in [7, 11) is 0. The molecule has 2 N–H and O–H groups in total. The number of rotatable bonds is 4. The normalized spacial score (nSPS) is 27.1. The number of aliphatic hydroxyl groups is 1. The number of benzene rings is 2. The molecule has 3 rings (SSSR count). The van der Waals surface area contributed by atoms with Crippen LogP contribution in [0.2, 0.25) is 0 Å². The summed E-state index contributed by atoms with van der Waals surface area (Å²) in [5, 5.41) is 16.4. The van der Waals surface area contributed by atoms with E-state index in [0.717, 1.165) is 11.5 Å². The molecule has 4 unspecified atom stereocenters. The predicted octanol–water partition coefficient (Wildman–Crippen LogP) is 3.90. The van der Waals surface area contributed by atoms with Gasteiger partial charge >= 0.3 is 0 Å². The molecule has 0 radical (unpaired) electrons. The van der Waals surface area contributed by atoms with Crippen molar-refractivity contribution in [2.75, 3.05) is 6.54 Å². The summed E-state index contributed by atoms with van der Waals surface area (Å²) in [6.07, 6.45) is 2.09. The Kier molecular flexibility index (Phi) is 4.27. The van der Waals surface area contributed by atoms with E-state index in [1.165, 1.54) is 23.6 Å². The molecule has 1 aliphatic carbocycles. The van der Waals surface area contributed by atoms with Gasteiger partial charge in [-0.2, -0.15) is 0 Å². The molecule has 0 aliphatic heterocycles. The molecule has 1 saturated carbocycles. The van der Waals surface area contributed by atoms with Crippen LogP contribution in [0.1, 0.15) is 38.4 Å². The largest absolute Gasteiger partial charge is 0.387 e. The van der Waals surface area contributed by atoms with Crippen LogP contribution >= 0.6 is 0 Å². The van der Waals surface area contributed by atoms with Gasteiger partial charge in [-0.3, -0.25) is 0 Å². The predicted molar refractivity (Wildman–Crippen MR) is 88.3 cm³/mol. The zero-order valence-corrected chi connectivity index (χ0v) is 12.9. The summed E-state index contributed by atoms with van der Waals surface area (Å²) >= 11 is 0. The van der Waals surface area contributed by atoms with E-state index in [0.29, 0.717) is 18.5 Å². The van der Waals surface area contributed by atoms with Crippen LogP contribution in [0.5, 0.6) is 0 Å². The summed E-state index contributed by atoms with van der Waals surface area (Å²) < 4.78 is 0. The molecule has 1 aliphatic rings. The summed E-state index contributed by atoms with van der Waals surface area (Å²) in [6.45, 7) is 5.28. The van der Waals surface area contributed by atoms with Crippen molar-refractivity contribution in [1.29, 1.82) is 0 Å². The van der Waals surface area contributed by atoms with Gasteiger partial charge in [-0.05, 0) is 47.1 Å². The number of aliphatic hydroxyl groups excluding tert-OH is 1. The monoisotopic (exact) mass is 283 g/mol. The first kappa shape index (κ1) is 14.6. The van der Waals surface area contributed by atoms with Crippen LogP contribution in [0.15, 0.2) is 42.5 Å². The van der Waals surface area contributed by atoms with Crippen LogP contribution < -0.4 is 5.32 Å². The zero-order valence-electron chi connectivity index (χ0n) is 12.9. The van der Waals surface area contributed by atoms with Crippen molar-refractivity contribution in [3.63, 3.8) is 0 Å². The Labute approximate surface area is 127 Å². The second kappa shape index (κ2) is 6.17. The Balaban J connectivity index is 1.65. The Hall–Kier alpha value is -1.38. The Morgan fingerprint density at radius 3 is 2.57 bits per heavy atom. The standard InChI is InChI=1S/C19H25NO/c1-13-7-10-18(14(13)2)20-12-19(21)17-9-8-15-5-3-4-6-16(15)11-17/h3-6,8-9,11,13-14,18-21H,7,10,12H2,1-2H3. The molecule has 2 nitrogen and oxygen atoms in total. The van der Waals surface area contributed by atoms with Gasteiger partial charge in [0.1, 0.15) is 0 Å². The number of hydrogen-bond donors (Lipinski definition) is 2. The minimum absolute atomic E-state index is 0.433. The van der Waals surface area contributed by atoms with Crippen LogP contribution in [-0.2, 0) is 0 Å². The topological polar surface area (TPSA) is 32.3 Å². The fourth-order valence-corrected chi connectivity index (χ4v) is 3.45. The molecule has 0 saturated heterocycles. The molecular formula is C19H25NO. The Bertz CT molecular complexity index is 609. The molecule has 2 heteroatoms. The van der Waals surface area contributed by atoms with Crippen LogP contribution in [-0.4, -0.2) is 17.7 Å². The molecule has 2 aromatic rings. The molecular weight excluding hydrogens is 258 g/mol. The quantitative estimate of drug-likeness (QED) is 0.892. The van der Waals surface area contributed by atoms with Gasteiger partial charge in [-0.15, -0.1) is 0 Å². The molecule has 0 bridgehead atoms. The lowest BCUT2D eigenvalue weighted by atomic mass is 9.97. The van der Waals surface area contributed by atoms with Crippen molar-refractivity contribution in [2.45, 2.75) is 38.8 Å². The van der Waals surface area contributed by atoms with Crippen molar-refractivity contribution in [2.24, 2.45) is 11.8 Å². The van der Waals surface area contributed by atoms with Gasteiger partial charge in [0.15, 0.2) is 0 Å². The van der Waals surface area contributed by atoms with Crippen molar-refractivity contribution >= 4 is 10.8 Å². The van der Waals surface area contributed by atoms with Gasteiger partial charge in [0, 0.05) is 12.6 Å². The first-order valence-corrected chi connectivity index (χ1v) is 8.05. The molecule has 0 aromatic heterocycles. The summed E-state index contributed by atoms with van der Waals surface area (Å²) in [5.41, 5.74) is 1.000. The van der Waals surface area contributed by atoms with Crippen LogP contribution in [0.25, 0.3) is 10.8 Å². The number of fused-ring (bicyclic) bond motifs is 1. The molecule has 0 spiro atoms. The maximum atomic E-state index is 10.4. The SMILES string of the molecule is CC1CCC(NCC(O)c2ccc3ccccc3c2)C1C. The Morgan fingerprint density at radius 2 is 1.86 bits per heavy atom. The highest BCUT2D eigenvalue weighted by Crippen LogP contribution is 2.31. The smallest absolute Gasteiger partial charge is 0.0914 e. The third-order valence-corrected chi connectivity index (χ3v) is 5.20. The van der Waals surface area contributed by atoms with E-state index < -0.39 is 6.10 Å². The molecule has 2 aromatic carbocycles. The summed E-state index contributed by atoms with van der Waals surface area (Å²) in [4.78, 5) is 0. The molecule has 1 fully saturated rings. The minimum atomic E-state index is -0.433. The molecule has 4 atom stereocenters. The summed E-state index contributed by atoms with van der Waals surface area (Å²) in [6, 6.07) is 15.1. The third kappa shape index (κ3) is 3.12. The first-order chi connectivity index (χ1) is 10.1. The van der Waals surface area contributed by atoms with Crippen molar-refractivity contribution in [1.82, 2.24) is 5.32 Å². The molecule has 21 heavy (non-hydrogen) atoms. The highest BCUT2D eigenvalue weighted by atomic mass is 16.3. The second-order valence-electron chi connectivity index (χ2n) is 6.55. The molecule has 112 valence electrons. The first-order valence-electron chi connectivity index (χ1n) is 8.05. The zero-order chi connectivity index (χ0) is 14.8. The Morgan fingerprint density at radius 1 is 1.10 bits per heavy atom. The lowest BCUT2D eigenvalue weighted by Crippen LogP contribution is -2.35.